The summed E-state index contributed by atoms with van der Waals surface area (Å²) in [6.45, 7) is 6.35. The van der Waals surface area contributed by atoms with Crippen molar-refractivity contribution < 1.29 is 19.5 Å². The van der Waals surface area contributed by atoms with Crippen molar-refractivity contribution in [2.45, 2.75) is 62.2 Å². The van der Waals surface area contributed by atoms with Gasteiger partial charge in [0.2, 0.25) is 17.7 Å². The fourth-order valence-corrected chi connectivity index (χ4v) is 8.73. The van der Waals surface area contributed by atoms with Gasteiger partial charge in [-0.15, -0.1) is 11.8 Å². The van der Waals surface area contributed by atoms with Crippen molar-refractivity contribution in [3.63, 3.8) is 0 Å². The van der Waals surface area contributed by atoms with Gasteiger partial charge in [-0.1, -0.05) is 51.1 Å². The van der Waals surface area contributed by atoms with Crippen molar-refractivity contribution in [1.29, 1.82) is 0 Å². The van der Waals surface area contributed by atoms with Crippen LogP contribution in [0.25, 0.3) is 0 Å². The van der Waals surface area contributed by atoms with Crippen LogP contribution in [0, 0.1) is 23.7 Å². The van der Waals surface area contributed by atoms with Gasteiger partial charge in [-0.2, -0.15) is 0 Å². The number of aliphatic hydroxyl groups is 1. The van der Waals surface area contributed by atoms with E-state index >= 15 is 0 Å². The zero-order chi connectivity index (χ0) is 23.9. The largest absolute Gasteiger partial charge is 0.394 e. The summed E-state index contributed by atoms with van der Waals surface area (Å²) in [6.07, 6.45) is 1.40. The second-order valence-corrected chi connectivity index (χ2v) is 11.6. The minimum absolute atomic E-state index is 0.0261. The first-order valence-electron chi connectivity index (χ1n) is 11.9. The molecule has 3 saturated heterocycles. The molecule has 2 bridgehead atoms. The van der Waals surface area contributed by atoms with Crippen LogP contribution in [0.2, 0.25) is 0 Å². The molecular weight excluding hydrogens is 438 g/mol. The van der Waals surface area contributed by atoms with Gasteiger partial charge in [0.15, 0.2) is 0 Å². The second-order valence-electron chi connectivity index (χ2n) is 10.1. The highest BCUT2D eigenvalue weighted by atomic mass is 32.2. The molecule has 0 aliphatic carbocycles. The lowest BCUT2D eigenvalue weighted by atomic mass is 9.66. The van der Waals surface area contributed by atoms with E-state index in [0.717, 1.165) is 12.0 Å². The molecule has 3 amide bonds. The Kier molecular flexibility index (Phi) is 6.78. The summed E-state index contributed by atoms with van der Waals surface area (Å²) in [6, 6.07) is 8.52. The number of thioether (sulfide) groups is 1. The van der Waals surface area contributed by atoms with Crippen LogP contribution in [0.15, 0.2) is 30.3 Å². The number of nitrogens with zero attached hydrogens (tertiary/aromatic N) is 1. The number of fused-ring (bicyclic) bond motifs is 1. The summed E-state index contributed by atoms with van der Waals surface area (Å²) < 4.78 is -0.663. The predicted molar refractivity (Wildman–Crippen MR) is 128 cm³/mol. The van der Waals surface area contributed by atoms with Crippen molar-refractivity contribution in [3.05, 3.63) is 35.9 Å². The molecule has 1 spiro atoms. The average Bonchev–Trinajstić information content (AvgIpc) is 3.39. The molecular formula is C25H35N3O4S. The minimum Gasteiger partial charge on any atom is -0.394 e. The molecule has 7 atom stereocenters. The number of likely N-dealkylation sites (tertiary alicyclic amines) is 1. The highest BCUT2D eigenvalue weighted by molar-refractivity contribution is 8.02. The van der Waals surface area contributed by atoms with E-state index in [0.29, 0.717) is 13.0 Å². The third-order valence-electron chi connectivity index (χ3n) is 7.64. The van der Waals surface area contributed by atoms with Crippen LogP contribution in [0.3, 0.4) is 0 Å². The van der Waals surface area contributed by atoms with Crippen molar-refractivity contribution in [3.8, 4) is 0 Å². The van der Waals surface area contributed by atoms with E-state index in [1.807, 2.05) is 44.2 Å². The quantitative estimate of drug-likeness (QED) is 0.535. The summed E-state index contributed by atoms with van der Waals surface area (Å²) in [4.78, 5) is 42.3. The van der Waals surface area contributed by atoms with E-state index in [9.17, 15) is 19.5 Å². The molecule has 0 aromatic heterocycles. The predicted octanol–water partition coefficient (Wildman–Crippen LogP) is 1.79. The number of rotatable bonds is 8. The molecule has 7 nitrogen and oxygen atoms in total. The molecule has 3 aliphatic heterocycles. The lowest BCUT2D eigenvalue weighted by Crippen LogP contribution is -2.58. The molecule has 0 radical (unpaired) electrons. The van der Waals surface area contributed by atoms with Gasteiger partial charge >= 0.3 is 0 Å². The number of carbonyl (C=O) groups is 3. The molecule has 3 aliphatic rings. The van der Waals surface area contributed by atoms with Crippen molar-refractivity contribution in [2.75, 3.05) is 13.7 Å². The van der Waals surface area contributed by atoms with Crippen LogP contribution in [0.5, 0.6) is 0 Å². The maximum Gasteiger partial charge on any atom is 0.244 e. The summed E-state index contributed by atoms with van der Waals surface area (Å²) in [7, 11) is 1.60. The zero-order valence-corrected chi connectivity index (χ0v) is 20.6. The number of carbonyl (C=O) groups excluding carboxylic acids is 3. The Morgan fingerprint density at radius 1 is 1.24 bits per heavy atom. The fourth-order valence-electron chi connectivity index (χ4n) is 6.32. The molecule has 1 aromatic carbocycles. The average molecular weight is 474 g/mol. The van der Waals surface area contributed by atoms with E-state index in [-0.39, 0.29) is 41.4 Å². The number of nitrogens with one attached hydrogen (secondary N) is 2. The first-order chi connectivity index (χ1) is 15.8. The van der Waals surface area contributed by atoms with Crippen LogP contribution in [-0.2, 0) is 20.9 Å². The van der Waals surface area contributed by atoms with Crippen LogP contribution < -0.4 is 10.6 Å². The minimum atomic E-state index is -0.714. The normalized spacial score (nSPS) is 33.3. The number of hydrogen-bond acceptors (Lipinski definition) is 5. The molecule has 0 saturated carbocycles. The Labute approximate surface area is 200 Å². The summed E-state index contributed by atoms with van der Waals surface area (Å²) >= 11 is 1.66. The molecule has 3 unspecified atom stereocenters. The lowest BCUT2D eigenvalue weighted by molar-refractivity contribution is -0.143. The number of benzene rings is 1. The van der Waals surface area contributed by atoms with Crippen LogP contribution in [0.4, 0.5) is 0 Å². The van der Waals surface area contributed by atoms with Gasteiger partial charge in [0, 0.05) is 18.8 Å². The van der Waals surface area contributed by atoms with E-state index < -0.39 is 28.7 Å². The molecule has 4 rings (SSSR count). The maximum absolute atomic E-state index is 14.0. The first kappa shape index (κ1) is 24.1. The van der Waals surface area contributed by atoms with Gasteiger partial charge in [0.25, 0.3) is 0 Å². The molecule has 33 heavy (non-hydrogen) atoms. The third kappa shape index (κ3) is 3.85. The van der Waals surface area contributed by atoms with Gasteiger partial charge < -0.3 is 20.6 Å². The van der Waals surface area contributed by atoms with Crippen LogP contribution >= 0.6 is 11.8 Å². The Morgan fingerprint density at radius 2 is 1.94 bits per heavy atom. The SMILES string of the molecule is CNC(=O)[C@@H]1[C@@H]2CC(C)C3(S2)C(C(=O)NCc2ccccc2)N([C@@H](CO)CC(C)C)C(=O)[C@H]13. The van der Waals surface area contributed by atoms with Gasteiger partial charge in [0.05, 0.1) is 29.2 Å². The smallest absolute Gasteiger partial charge is 0.244 e. The molecule has 3 fully saturated rings. The summed E-state index contributed by atoms with van der Waals surface area (Å²) in [5.74, 6) is -1.13. The maximum atomic E-state index is 14.0. The van der Waals surface area contributed by atoms with Gasteiger partial charge in [-0.25, -0.2) is 0 Å². The summed E-state index contributed by atoms with van der Waals surface area (Å²) in [5, 5.41) is 16.1. The Hall–Kier alpha value is -2.06. The van der Waals surface area contributed by atoms with Gasteiger partial charge in [0.1, 0.15) is 6.04 Å². The van der Waals surface area contributed by atoms with Crippen LogP contribution in [-0.4, -0.2) is 63.5 Å². The zero-order valence-electron chi connectivity index (χ0n) is 19.8. The number of amides is 3. The monoisotopic (exact) mass is 473 g/mol. The highest BCUT2D eigenvalue weighted by Gasteiger charge is 2.76. The number of aliphatic hydroxyl groups excluding tert-OH is 1. The van der Waals surface area contributed by atoms with E-state index in [4.69, 9.17) is 0 Å². The molecule has 8 heteroatoms. The van der Waals surface area contributed by atoms with Gasteiger partial charge in [-0.3, -0.25) is 14.4 Å². The van der Waals surface area contributed by atoms with E-state index in [1.54, 1.807) is 23.7 Å². The lowest BCUT2D eigenvalue weighted by Gasteiger charge is -2.40. The van der Waals surface area contributed by atoms with Crippen LogP contribution in [0.1, 0.15) is 39.2 Å². The second kappa shape index (κ2) is 9.29. The highest BCUT2D eigenvalue weighted by Crippen LogP contribution is 2.68. The Balaban J connectivity index is 1.73. The standard InChI is InChI=1S/C25H35N3O4S/c1-14(2)10-17(13-29)28-21(23(31)27-12-16-8-6-5-7-9-16)25-15(3)11-18(33-25)19(22(30)26-4)20(25)24(28)32/h5-9,14-15,17-21,29H,10-13H2,1-4H3,(H,26,30)(H,27,31)/t15?,17-,18+,19-,20+,21?,25?/m1/s1. The molecule has 1 aromatic rings. The Bertz CT molecular complexity index is 910. The van der Waals surface area contributed by atoms with Crippen molar-refractivity contribution >= 4 is 29.5 Å². The van der Waals surface area contributed by atoms with Gasteiger partial charge in [-0.05, 0) is 30.2 Å². The van der Waals surface area contributed by atoms with E-state index in [2.05, 4.69) is 17.6 Å². The topological polar surface area (TPSA) is 98.7 Å². The first-order valence-corrected chi connectivity index (χ1v) is 12.8. The molecule has 180 valence electrons. The molecule has 3 heterocycles. The van der Waals surface area contributed by atoms with Crippen molar-refractivity contribution in [1.82, 2.24) is 15.5 Å². The number of hydrogen-bond donors (Lipinski definition) is 3. The van der Waals surface area contributed by atoms with Crippen molar-refractivity contribution in [2.24, 2.45) is 23.7 Å². The summed E-state index contributed by atoms with van der Waals surface area (Å²) in [5.41, 5.74) is 0.983. The molecule has 3 N–H and O–H groups in total. The third-order valence-corrected chi connectivity index (χ3v) is 9.71. The Morgan fingerprint density at radius 3 is 2.55 bits per heavy atom. The fraction of sp³-hybridized carbons (Fsp3) is 0.640. The van der Waals surface area contributed by atoms with E-state index in [1.165, 1.54) is 0 Å².